The molecule has 4 nitrogen and oxygen atoms in total. The highest BCUT2D eigenvalue weighted by Gasteiger charge is 2.33. The summed E-state index contributed by atoms with van der Waals surface area (Å²) in [7, 11) is -1.04. The second-order valence-electron chi connectivity index (χ2n) is 5.73. The molecule has 2 heterocycles. The van der Waals surface area contributed by atoms with Crippen molar-refractivity contribution in [3.05, 3.63) is 57.0 Å². The van der Waals surface area contributed by atoms with Gasteiger partial charge in [0.15, 0.2) is 0 Å². The van der Waals surface area contributed by atoms with E-state index >= 15 is 0 Å². The zero-order chi connectivity index (χ0) is 17.5. The Balaban J connectivity index is 0.000000135. The number of halogens is 3. The molecule has 8 heteroatoms. The largest absolute Gasteiger partial charge is 0.454 e. The third-order valence-corrected chi connectivity index (χ3v) is 4.44. The first kappa shape index (κ1) is 19.7. The fourth-order valence-electron chi connectivity index (χ4n) is 1.86. The normalized spacial score (nSPS) is 15.5. The first-order valence-electron chi connectivity index (χ1n) is 7.70. The van der Waals surface area contributed by atoms with E-state index in [9.17, 15) is 0 Å². The van der Waals surface area contributed by atoms with Gasteiger partial charge in [0.05, 0.1) is 0 Å². The van der Waals surface area contributed by atoms with Crippen molar-refractivity contribution in [1.29, 1.82) is 0 Å². The molecule has 2 fully saturated rings. The summed E-state index contributed by atoms with van der Waals surface area (Å²) in [4.78, 5) is 7.69. The summed E-state index contributed by atoms with van der Waals surface area (Å²) >= 11 is 14.4. The standard InChI is InChI=1S/C8H8ClN.C5H3BrClN.C3H7BO2/c9-8-5-7(3-4-10-8)6-1-2-6;6-4-1-2-8-5(7)3-4;5-4(6)3-1-2-3/h3-6H,1-2H2;1-3H;3,5-6H,1-2H2. The molecule has 2 aliphatic rings. The van der Waals surface area contributed by atoms with Crippen LogP contribution in [0.2, 0.25) is 16.1 Å². The van der Waals surface area contributed by atoms with Crippen LogP contribution in [0.1, 0.15) is 37.2 Å². The minimum atomic E-state index is -1.04. The van der Waals surface area contributed by atoms with Crippen molar-refractivity contribution in [3.63, 3.8) is 0 Å². The molecule has 0 aromatic carbocycles. The van der Waals surface area contributed by atoms with E-state index in [1.165, 1.54) is 18.4 Å². The van der Waals surface area contributed by atoms with Gasteiger partial charge in [0.2, 0.25) is 0 Å². The molecule has 0 spiro atoms. The zero-order valence-electron chi connectivity index (χ0n) is 12.9. The molecular weight excluding hydrogens is 414 g/mol. The molecule has 2 aromatic rings. The Morgan fingerprint density at radius 3 is 1.88 bits per heavy atom. The van der Waals surface area contributed by atoms with E-state index < -0.39 is 7.12 Å². The molecule has 0 aliphatic heterocycles. The molecule has 2 aliphatic carbocycles. The fraction of sp³-hybridized carbons (Fsp3) is 0.375. The summed E-state index contributed by atoms with van der Waals surface area (Å²) in [5, 5.41) is 17.6. The molecule has 128 valence electrons. The smallest absolute Gasteiger partial charge is 0.427 e. The Morgan fingerprint density at radius 2 is 1.54 bits per heavy atom. The Morgan fingerprint density at radius 1 is 0.958 bits per heavy atom. The number of rotatable bonds is 2. The summed E-state index contributed by atoms with van der Waals surface area (Å²) in [6, 6.07) is 7.57. The van der Waals surface area contributed by atoms with Crippen LogP contribution in [0.4, 0.5) is 0 Å². The third-order valence-electron chi connectivity index (χ3n) is 3.53. The molecule has 0 saturated heterocycles. The Labute approximate surface area is 160 Å². The van der Waals surface area contributed by atoms with E-state index in [0.717, 1.165) is 23.2 Å². The van der Waals surface area contributed by atoms with Crippen LogP contribution >= 0.6 is 39.1 Å². The Hall–Kier alpha value is -0.655. The van der Waals surface area contributed by atoms with Crippen LogP contribution in [0.25, 0.3) is 0 Å². The first-order chi connectivity index (χ1) is 11.5. The lowest BCUT2D eigenvalue weighted by molar-refractivity contribution is 0.403. The van der Waals surface area contributed by atoms with Gasteiger partial charge in [-0.3, -0.25) is 0 Å². The van der Waals surface area contributed by atoms with Gasteiger partial charge in [-0.15, -0.1) is 0 Å². The van der Waals surface area contributed by atoms with Crippen molar-refractivity contribution in [1.82, 2.24) is 9.97 Å². The maximum Gasteiger partial charge on any atom is 0.454 e. The average molecular weight is 432 g/mol. The topological polar surface area (TPSA) is 66.2 Å². The molecule has 0 bridgehead atoms. The van der Waals surface area contributed by atoms with Gasteiger partial charge in [0.25, 0.3) is 0 Å². The molecule has 0 atom stereocenters. The molecule has 24 heavy (non-hydrogen) atoms. The maximum atomic E-state index is 8.25. The molecule has 0 unspecified atom stereocenters. The number of hydrogen-bond acceptors (Lipinski definition) is 4. The minimum Gasteiger partial charge on any atom is -0.427 e. The van der Waals surface area contributed by atoms with Gasteiger partial charge >= 0.3 is 7.12 Å². The van der Waals surface area contributed by atoms with Gasteiger partial charge in [0.1, 0.15) is 10.3 Å². The third kappa shape index (κ3) is 7.95. The first-order valence-corrected chi connectivity index (χ1v) is 9.25. The van der Waals surface area contributed by atoms with Crippen LogP contribution in [0, 0.1) is 0 Å². The van der Waals surface area contributed by atoms with E-state index in [-0.39, 0.29) is 5.82 Å². The van der Waals surface area contributed by atoms with Crippen molar-refractivity contribution in [3.8, 4) is 0 Å². The van der Waals surface area contributed by atoms with Crippen molar-refractivity contribution in [2.24, 2.45) is 0 Å². The number of pyridine rings is 2. The minimum absolute atomic E-state index is 0.213. The molecule has 0 radical (unpaired) electrons. The number of aromatic nitrogens is 2. The van der Waals surface area contributed by atoms with E-state index in [2.05, 4.69) is 25.9 Å². The van der Waals surface area contributed by atoms with Crippen molar-refractivity contribution < 1.29 is 10.0 Å². The van der Waals surface area contributed by atoms with Gasteiger partial charge in [-0.25, -0.2) is 9.97 Å². The van der Waals surface area contributed by atoms with Crippen LogP contribution < -0.4 is 0 Å². The Kier molecular flexibility index (Phi) is 7.97. The Bertz CT molecular complexity index is 638. The van der Waals surface area contributed by atoms with Crippen LogP contribution in [0.3, 0.4) is 0 Å². The summed E-state index contributed by atoms with van der Waals surface area (Å²) in [5.74, 6) is 0.991. The van der Waals surface area contributed by atoms with E-state index in [4.69, 9.17) is 33.2 Å². The lowest BCUT2D eigenvalue weighted by Crippen LogP contribution is -2.09. The van der Waals surface area contributed by atoms with Gasteiger partial charge in [-0.2, -0.15) is 0 Å². The SMILES string of the molecule is Clc1cc(Br)ccn1.Clc1cc(C2CC2)ccn1.OB(O)C1CC1. The van der Waals surface area contributed by atoms with E-state index in [1.807, 2.05) is 18.2 Å². The number of hydrogen-bond donors (Lipinski definition) is 2. The fourth-order valence-corrected chi connectivity index (χ4v) is 2.68. The molecule has 2 N–H and O–H groups in total. The second kappa shape index (κ2) is 9.73. The monoisotopic (exact) mass is 430 g/mol. The quantitative estimate of drug-likeness (QED) is 0.532. The predicted octanol–water partition coefficient (Wildman–Crippen LogP) is 4.73. The second-order valence-corrected chi connectivity index (χ2v) is 7.42. The molecule has 2 aromatic heterocycles. The van der Waals surface area contributed by atoms with Gasteiger partial charge in [0, 0.05) is 16.9 Å². The van der Waals surface area contributed by atoms with E-state index in [0.29, 0.717) is 10.3 Å². The summed E-state index contributed by atoms with van der Waals surface area (Å²) in [6.45, 7) is 0. The van der Waals surface area contributed by atoms with Gasteiger partial charge < -0.3 is 10.0 Å². The highest BCUT2D eigenvalue weighted by molar-refractivity contribution is 9.10. The van der Waals surface area contributed by atoms with Crippen molar-refractivity contribution >= 4 is 46.3 Å². The lowest BCUT2D eigenvalue weighted by Gasteiger charge is -1.95. The summed E-state index contributed by atoms with van der Waals surface area (Å²) in [6.07, 6.45) is 8.05. The predicted molar refractivity (Wildman–Crippen MR) is 101 cm³/mol. The number of nitrogens with zero attached hydrogens (tertiary/aromatic N) is 2. The van der Waals surface area contributed by atoms with Crippen molar-refractivity contribution in [2.75, 3.05) is 0 Å². The average Bonchev–Trinajstić information content (AvgIpc) is 3.41. The zero-order valence-corrected chi connectivity index (χ0v) is 16.0. The molecular formula is C16H18BBrCl2N2O2. The van der Waals surface area contributed by atoms with E-state index in [1.54, 1.807) is 18.5 Å². The highest BCUT2D eigenvalue weighted by Crippen LogP contribution is 2.40. The molecule has 2 saturated carbocycles. The van der Waals surface area contributed by atoms with Crippen molar-refractivity contribution in [2.45, 2.75) is 37.4 Å². The van der Waals surface area contributed by atoms with Crippen LogP contribution in [-0.2, 0) is 0 Å². The summed E-state index contributed by atoms with van der Waals surface area (Å²) < 4.78 is 0.956. The van der Waals surface area contributed by atoms with Gasteiger partial charge in [-0.1, -0.05) is 52.0 Å². The van der Waals surface area contributed by atoms with Crippen LogP contribution in [-0.4, -0.2) is 27.1 Å². The summed E-state index contributed by atoms with van der Waals surface area (Å²) in [5.41, 5.74) is 1.35. The lowest BCUT2D eigenvalue weighted by atomic mass is 9.84. The maximum absolute atomic E-state index is 8.25. The van der Waals surface area contributed by atoms with Gasteiger partial charge in [-0.05, 0) is 54.4 Å². The molecule has 0 amide bonds. The van der Waals surface area contributed by atoms with Crippen LogP contribution in [0.15, 0.2) is 41.1 Å². The molecule has 4 rings (SSSR count). The highest BCUT2D eigenvalue weighted by atomic mass is 79.9. The van der Waals surface area contributed by atoms with Crippen LogP contribution in [0.5, 0.6) is 0 Å².